The highest BCUT2D eigenvalue weighted by molar-refractivity contribution is 7.99. The molecule has 0 radical (unpaired) electrons. The van der Waals surface area contributed by atoms with Crippen molar-refractivity contribution in [1.82, 2.24) is 10.2 Å². The number of benzene rings is 1. The van der Waals surface area contributed by atoms with Gasteiger partial charge in [-0.15, -0.1) is 11.8 Å². The Labute approximate surface area is 112 Å². The van der Waals surface area contributed by atoms with Gasteiger partial charge < -0.3 is 15.3 Å². The average Bonchev–Trinajstić information content (AvgIpc) is 2.33. The van der Waals surface area contributed by atoms with E-state index in [-0.39, 0.29) is 6.04 Å². The van der Waals surface area contributed by atoms with Gasteiger partial charge in [0.25, 0.3) is 0 Å². The van der Waals surface area contributed by atoms with E-state index in [2.05, 4.69) is 10.2 Å². The van der Waals surface area contributed by atoms with Gasteiger partial charge in [0.15, 0.2) is 0 Å². The highest BCUT2D eigenvalue weighted by atomic mass is 32.2. The van der Waals surface area contributed by atoms with Crippen LogP contribution in [0.15, 0.2) is 35.2 Å². The lowest BCUT2D eigenvalue weighted by atomic mass is 10.2. The molecule has 100 valence electrons. The Morgan fingerprint density at radius 1 is 1.39 bits per heavy atom. The van der Waals surface area contributed by atoms with E-state index >= 15 is 0 Å². The monoisotopic (exact) mass is 268 g/mol. The predicted molar refractivity (Wildman–Crippen MR) is 75.3 cm³/mol. The predicted octanol–water partition coefficient (Wildman–Crippen LogP) is 2.37. The number of nitrogens with one attached hydrogen (secondary N) is 1. The van der Waals surface area contributed by atoms with E-state index < -0.39 is 6.09 Å². The molecule has 2 N–H and O–H groups in total. The van der Waals surface area contributed by atoms with Crippen molar-refractivity contribution < 1.29 is 9.90 Å². The van der Waals surface area contributed by atoms with Gasteiger partial charge in [-0.1, -0.05) is 18.2 Å². The summed E-state index contributed by atoms with van der Waals surface area (Å²) in [4.78, 5) is 14.0. The Bertz CT molecular complexity index is 357. The fourth-order valence-corrected chi connectivity index (χ4v) is 2.49. The Hall–Kier alpha value is -1.20. The average molecular weight is 268 g/mol. The zero-order chi connectivity index (χ0) is 13.4. The smallest absolute Gasteiger partial charge is 0.404 e. The summed E-state index contributed by atoms with van der Waals surface area (Å²) in [5.41, 5.74) is 0. The lowest BCUT2D eigenvalue weighted by molar-refractivity contribution is 0.189. The molecule has 0 fully saturated rings. The molecule has 0 bridgehead atoms. The molecule has 1 amide bonds. The summed E-state index contributed by atoms with van der Waals surface area (Å²) in [6, 6.07) is 10.0. The molecule has 5 heteroatoms. The number of hydrogen-bond acceptors (Lipinski definition) is 3. The van der Waals surface area contributed by atoms with Crippen LogP contribution in [0.25, 0.3) is 0 Å². The van der Waals surface area contributed by atoms with Crippen LogP contribution in [-0.2, 0) is 0 Å². The summed E-state index contributed by atoms with van der Waals surface area (Å²) in [7, 11) is 3.98. The van der Waals surface area contributed by atoms with Crippen LogP contribution in [0.4, 0.5) is 4.79 Å². The molecule has 0 spiro atoms. The molecule has 0 saturated carbocycles. The largest absolute Gasteiger partial charge is 0.465 e. The van der Waals surface area contributed by atoms with Crippen LogP contribution in [0.2, 0.25) is 0 Å². The Morgan fingerprint density at radius 3 is 2.61 bits per heavy atom. The van der Waals surface area contributed by atoms with Crippen LogP contribution < -0.4 is 5.32 Å². The van der Waals surface area contributed by atoms with E-state index in [0.717, 1.165) is 18.7 Å². The number of carbonyl (C=O) groups is 1. The summed E-state index contributed by atoms with van der Waals surface area (Å²) >= 11 is 1.68. The Balaban J connectivity index is 2.42. The van der Waals surface area contributed by atoms with Gasteiger partial charge >= 0.3 is 6.09 Å². The van der Waals surface area contributed by atoms with Gasteiger partial charge in [0.2, 0.25) is 0 Å². The number of carboxylic acid groups (broad SMARTS) is 1. The summed E-state index contributed by atoms with van der Waals surface area (Å²) in [6.45, 7) is 0.875. The van der Waals surface area contributed by atoms with Gasteiger partial charge in [0.05, 0.1) is 0 Å². The van der Waals surface area contributed by atoms with E-state index in [9.17, 15) is 4.79 Å². The third kappa shape index (κ3) is 6.51. The Kier molecular flexibility index (Phi) is 6.60. The van der Waals surface area contributed by atoms with Crippen molar-refractivity contribution in [2.45, 2.75) is 17.4 Å². The van der Waals surface area contributed by atoms with Crippen molar-refractivity contribution in [3.63, 3.8) is 0 Å². The van der Waals surface area contributed by atoms with Crippen LogP contribution in [0, 0.1) is 0 Å². The van der Waals surface area contributed by atoms with Crippen molar-refractivity contribution in [3.8, 4) is 0 Å². The molecule has 0 saturated heterocycles. The zero-order valence-corrected chi connectivity index (χ0v) is 11.6. The quantitative estimate of drug-likeness (QED) is 0.745. The van der Waals surface area contributed by atoms with E-state index in [1.807, 2.05) is 44.4 Å². The highest BCUT2D eigenvalue weighted by Crippen LogP contribution is 2.18. The van der Waals surface area contributed by atoms with Crippen LogP contribution in [0.3, 0.4) is 0 Å². The van der Waals surface area contributed by atoms with Crippen LogP contribution >= 0.6 is 11.8 Å². The minimum absolute atomic E-state index is 0.0184. The maximum Gasteiger partial charge on any atom is 0.404 e. The van der Waals surface area contributed by atoms with Crippen molar-refractivity contribution in [2.75, 3.05) is 26.4 Å². The van der Waals surface area contributed by atoms with Crippen LogP contribution in [0.1, 0.15) is 6.42 Å². The molecule has 0 aliphatic rings. The maximum absolute atomic E-state index is 10.7. The van der Waals surface area contributed by atoms with Gasteiger partial charge in [-0.05, 0) is 39.2 Å². The summed E-state index contributed by atoms with van der Waals surface area (Å²) in [6.07, 6.45) is -0.133. The molecule has 0 aliphatic carbocycles. The first-order chi connectivity index (χ1) is 8.58. The van der Waals surface area contributed by atoms with E-state index in [4.69, 9.17) is 5.11 Å². The van der Waals surface area contributed by atoms with Gasteiger partial charge in [-0.25, -0.2) is 4.79 Å². The SMILES string of the molecule is CN(C)CCC(CSc1ccccc1)NC(=O)O. The van der Waals surface area contributed by atoms with Gasteiger partial charge in [0, 0.05) is 16.7 Å². The molecule has 18 heavy (non-hydrogen) atoms. The lowest BCUT2D eigenvalue weighted by Gasteiger charge is -2.18. The second-order valence-electron chi connectivity index (χ2n) is 4.36. The fraction of sp³-hybridized carbons (Fsp3) is 0.462. The summed E-state index contributed by atoms with van der Waals surface area (Å²) in [5, 5.41) is 11.4. The van der Waals surface area contributed by atoms with E-state index in [1.165, 1.54) is 4.90 Å². The molecule has 0 aromatic heterocycles. The first-order valence-electron chi connectivity index (χ1n) is 5.90. The molecule has 1 aromatic rings. The van der Waals surface area contributed by atoms with Crippen molar-refractivity contribution in [2.24, 2.45) is 0 Å². The summed E-state index contributed by atoms with van der Waals surface area (Å²) < 4.78 is 0. The fourth-order valence-electron chi connectivity index (χ4n) is 1.50. The Morgan fingerprint density at radius 2 is 2.06 bits per heavy atom. The van der Waals surface area contributed by atoms with Crippen LogP contribution in [0.5, 0.6) is 0 Å². The third-order valence-electron chi connectivity index (χ3n) is 2.45. The van der Waals surface area contributed by atoms with Crippen molar-refractivity contribution in [1.29, 1.82) is 0 Å². The number of thioether (sulfide) groups is 1. The molecule has 0 heterocycles. The minimum atomic E-state index is -0.951. The lowest BCUT2D eigenvalue weighted by Crippen LogP contribution is -2.37. The second kappa shape index (κ2) is 8.00. The number of nitrogens with zero attached hydrogens (tertiary/aromatic N) is 1. The highest BCUT2D eigenvalue weighted by Gasteiger charge is 2.12. The minimum Gasteiger partial charge on any atom is -0.465 e. The molecule has 1 aromatic carbocycles. The molecule has 4 nitrogen and oxygen atoms in total. The van der Waals surface area contributed by atoms with Gasteiger partial charge in [-0.2, -0.15) is 0 Å². The van der Waals surface area contributed by atoms with Crippen LogP contribution in [-0.4, -0.2) is 48.5 Å². The maximum atomic E-state index is 10.7. The molecule has 1 unspecified atom stereocenters. The second-order valence-corrected chi connectivity index (χ2v) is 5.46. The van der Waals surface area contributed by atoms with Gasteiger partial charge in [0.1, 0.15) is 0 Å². The topological polar surface area (TPSA) is 52.6 Å². The molecule has 0 aliphatic heterocycles. The van der Waals surface area contributed by atoms with E-state index in [0.29, 0.717) is 0 Å². The van der Waals surface area contributed by atoms with Gasteiger partial charge in [-0.3, -0.25) is 0 Å². The molecular weight excluding hydrogens is 248 g/mol. The number of rotatable bonds is 7. The summed E-state index contributed by atoms with van der Waals surface area (Å²) in [5.74, 6) is 0.754. The zero-order valence-electron chi connectivity index (χ0n) is 10.8. The van der Waals surface area contributed by atoms with Crippen molar-refractivity contribution in [3.05, 3.63) is 30.3 Å². The molecule has 1 atom stereocenters. The normalized spacial score (nSPS) is 12.4. The third-order valence-corrected chi connectivity index (χ3v) is 3.62. The van der Waals surface area contributed by atoms with E-state index in [1.54, 1.807) is 11.8 Å². The molecular formula is C13H20N2O2S. The van der Waals surface area contributed by atoms with Crippen molar-refractivity contribution >= 4 is 17.9 Å². The first kappa shape index (κ1) is 14.9. The standard InChI is InChI=1S/C13H20N2O2S/c1-15(2)9-8-11(14-13(16)17)10-18-12-6-4-3-5-7-12/h3-7,11,14H,8-10H2,1-2H3,(H,16,17). The first-order valence-corrected chi connectivity index (χ1v) is 6.88. The number of hydrogen-bond donors (Lipinski definition) is 2. The molecule has 1 rings (SSSR count). The number of amides is 1.